The first-order chi connectivity index (χ1) is 10.0. The van der Waals surface area contributed by atoms with Gasteiger partial charge in [-0.2, -0.15) is 0 Å². The Hall–Kier alpha value is -2.07. The molecular formula is C17H21ClN2O2. The number of benzene rings is 1. The van der Waals surface area contributed by atoms with Gasteiger partial charge >= 0.3 is 0 Å². The highest BCUT2D eigenvalue weighted by atomic mass is 35.5. The fourth-order valence-electron chi connectivity index (χ4n) is 2.16. The number of pyridine rings is 1. The molecule has 2 aromatic rings. The fourth-order valence-corrected chi connectivity index (χ4v) is 2.16. The number of carbonyl (C=O) groups is 1. The molecule has 0 radical (unpaired) electrons. The molecule has 1 aromatic carbocycles. The number of aryl methyl sites for hydroxylation is 1. The maximum Gasteiger partial charge on any atom is 0.255 e. The van der Waals surface area contributed by atoms with Crippen molar-refractivity contribution in [3.63, 3.8) is 0 Å². The number of aromatic nitrogens is 1. The Balaban J connectivity index is 0.00000242. The van der Waals surface area contributed by atoms with Crippen LogP contribution >= 0.6 is 12.4 Å². The van der Waals surface area contributed by atoms with Crippen LogP contribution in [0.1, 0.15) is 41.3 Å². The molecule has 1 aromatic heterocycles. The number of carbonyl (C=O) groups excluding carboxylic acids is 1. The van der Waals surface area contributed by atoms with Gasteiger partial charge in [0, 0.05) is 23.6 Å². The predicted molar refractivity (Wildman–Crippen MR) is 91.3 cm³/mol. The topological polar surface area (TPSA) is 51.2 Å². The molecule has 0 saturated carbocycles. The van der Waals surface area contributed by atoms with E-state index in [9.17, 15) is 4.79 Å². The maximum absolute atomic E-state index is 12.2. The summed E-state index contributed by atoms with van der Waals surface area (Å²) in [5, 5.41) is 2.95. The van der Waals surface area contributed by atoms with Gasteiger partial charge in [0.15, 0.2) is 0 Å². The molecule has 0 unspecified atom stereocenters. The van der Waals surface area contributed by atoms with E-state index < -0.39 is 0 Å². The summed E-state index contributed by atoms with van der Waals surface area (Å²) in [4.78, 5) is 16.1. The fraction of sp³-hybridized carbons (Fsp3) is 0.294. The number of halogens is 1. The maximum atomic E-state index is 12.2. The summed E-state index contributed by atoms with van der Waals surface area (Å²) < 4.78 is 5.41. The van der Waals surface area contributed by atoms with Crippen molar-refractivity contribution >= 4 is 24.0 Å². The molecule has 0 spiro atoms. The highest BCUT2D eigenvalue weighted by Crippen LogP contribution is 2.32. The molecule has 1 amide bonds. The van der Waals surface area contributed by atoms with Crippen molar-refractivity contribution in [2.45, 2.75) is 26.7 Å². The van der Waals surface area contributed by atoms with E-state index in [0.29, 0.717) is 11.5 Å². The van der Waals surface area contributed by atoms with Gasteiger partial charge in [-0.1, -0.05) is 13.8 Å². The number of anilines is 1. The molecule has 0 atom stereocenters. The molecule has 0 aliphatic rings. The van der Waals surface area contributed by atoms with Crippen LogP contribution in [0.3, 0.4) is 0 Å². The highest BCUT2D eigenvalue weighted by molar-refractivity contribution is 6.04. The second-order valence-electron chi connectivity index (χ2n) is 5.25. The van der Waals surface area contributed by atoms with Crippen LogP contribution in [0.2, 0.25) is 0 Å². The summed E-state index contributed by atoms with van der Waals surface area (Å²) in [6.45, 7) is 6.15. The van der Waals surface area contributed by atoms with Gasteiger partial charge in [-0.15, -0.1) is 12.4 Å². The standard InChI is InChI=1S/C17H20N2O2.ClH/c1-11(2)14-10-15(12(3)9-16(14)21-4)19-17(20)13-5-7-18-8-6-13;/h5-11H,1-4H3,(H,19,20);1H. The van der Waals surface area contributed by atoms with Gasteiger partial charge in [0.2, 0.25) is 0 Å². The van der Waals surface area contributed by atoms with Gasteiger partial charge in [-0.25, -0.2) is 0 Å². The monoisotopic (exact) mass is 320 g/mol. The van der Waals surface area contributed by atoms with Crippen molar-refractivity contribution < 1.29 is 9.53 Å². The molecule has 118 valence electrons. The van der Waals surface area contributed by atoms with Crippen molar-refractivity contribution in [2.24, 2.45) is 0 Å². The zero-order valence-corrected chi connectivity index (χ0v) is 14.0. The third-order valence-electron chi connectivity index (χ3n) is 3.39. The minimum atomic E-state index is -0.139. The largest absolute Gasteiger partial charge is 0.496 e. The Morgan fingerprint density at radius 1 is 1.23 bits per heavy atom. The van der Waals surface area contributed by atoms with E-state index in [2.05, 4.69) is 24.1 Å². The molecule has 4 nitrogen and oxygen atoms in total. The minimum absolute atomic E-state index is 0. The Bertz CT molecular complexity index is 643. The van der Waals surface area contributed by atoms with Crippen LogP contribution in [-0.4, -0.2) is 18.0 Å². The molecule has 0 aliphatic heterocycles. The molecular weight excluding hydrogens is 300 g/mol. The molecule has 2 rings (SSSR count). The SMILES string of the molecule is COc1cc(C)c(NC(=O)c2ccncc2)cc1C(C)C.Cl. The third kappa shape index (κ3) is 3.98. The average molecular weight is 321 g/mol. The van der Waals surface area contributed by atoms with Crippen molar-refractivity contribution in [2.75, 3.05) is 12.4 Å². The van der Waals surface area contributed by atoms with Crippen molar-refractivity contribution in [3.05, 3.63) is 53.3 Å². The lowest BCUT2D eigenvalue weighted by atomic mass is 9.99. The van der Waals surface area contributed by atoms with Crippen molar-refractivity contribution in [1.82, 2.24) is 4.98 Å². The molecule has 22 heavy (non-hydrogen) atoms. The first-order valence-corrected chi connectivity index (χ1v) is 6.92. The van der Waals surface area contributed by atoms with E-state index in [0.717, 1.165) is 22.6 Å². The van der Waals surface area contributed by atoms with Gasteiger partial charge in [0.1, 0.15) is 5.75 Å². The number of amides is 1. The van der Waals surface area contributed by atoms with E-state index in [1.165, 1.54) is 0 Å². The molecule has 1 N–H and O–H groups in total. The number of rotatable bonds is 4. The Kier molecular flexibility index (Phi) is 6.38. The summed E-state index contributed by atoms with van der Waals surface area (Å²) in [5.41, 5.74) is 3.44. The number of hydrogen-bond donors (Lipinski definition) is 1. The average Bonchev–Trinajstić information content (AvgIpc) is 2.49. The lowest BCUT2D eigenvalue weighted by molar-refractivity contribution is 0.102. The number of nitrogens with one attached hydrogen (secondary N) is 1. The van der Waals surface area contributed by atoms with Crippen LogP contribution in [0.15, 0.2) is 36.7 Å². The molecule has 0 bridgehead atoms. The summed E-state index contributed by atoms with van der Waals surface area (Å²) in [6, 6.07) is 7.32. The molecule has 1 heterocycles. The summed E-state index contributed by atoms with van der Waals surface area (Å²) in [7, 11) is 1.66. The summed E-state index contributed by atoms with van der Waals surface area (Å²) >= 11 is 0. The van der Waals surface area contributed by atoms with E-state index in [-0.39, 0.29) is 18.3 Å². The highest BCUT2D eigenvalue weighted by Gasteiger charge is 2.13. The van der Waals surface area contributed by atoms with Crippen LogP contribution in [0.25, 0.3) is 0 Å². The van der Waals surface area contributed by atoms with Crippen molar-refractivity contribution in [1.29, 1.82) is 0 Å². The molecule has 0 fully saturated rings. The predicted octanol–water partition coefficient (Wildman–Crippen LogP) is 4.20. The van der Waals surface area contributed by atoms with Crippen LogP contribution < -0.4 is 10.1 Å². The normalized spacial score (nSPS) is 10.0. The number of hydrogen-bond acceptors (Lipinski definition) is 3. The van der Waals surface area contributed by atoms with Crippen molar-refractivity contribution in [3.8, 4) is 5.75 Å². The quantitative estimate of drug-likeness (QED) is 0.918. The van der Waals surface area contributed by atoms with Gasteiger partial charge in [0.05, 0.1) is 7.11 Å². The first kappa shape index (κ1) is 18.0. The van der Waals surface area contributed by atoms with E-state index in [1.54, 1.807) is 31.6 Å². The van der Waals surface area contributed by atoms with E-state index in [4.69, 9.17) is 4.74 Å². The molecule has 0 aliphatic carbocycles. The number of nitrogens with zero attached hydrogens (tertiary/aromatic N) is 1. The third-order valence-corrected chi connectivity index (χ3v) is 3.39. The number of ether oxygens (including phenoxy) is 1. The minimum Gasteiger partial charge on any atom is -0.496 e. The lowest BCUT2D eigenvalue weighted by Gasteiger charge is -2.16. The van der Waals surface area contributed by atoms with Gasteiger partial charge in [-0.05, 0) is 48.2 Å². The lowest BCUT2D eigenvalue weighted by Crippen LogP contribution is -2.13. The second-order valence-corrected chi connectivity index (χ2v) is 5.25. The van der Waals surface area contributed by atoms with Gasteiger partial charge in [0.25, 0.3) is 5.91 Å². The van der Waals surface area contributed by atoms with E-state index >= 15 is 0 Å². The van der Waals surface area contributed by atoms with Crippen LogP contribution in [0, 0.1) is 6.92 Å². The second kappa shape index (κ2) is 7.80. The Morgan fingerprint density at radius 3 is 2.41 bits per heavy atom. The Morgan fingerprint density at radius 2 is 1.86 bits per heavy atom. The Labute approximate surface area is 137 Å². The molecule has 5 heteroatoms. The zero-order valence-electron chi connectivity index (χ0n) is 13.2. The summed E-state index contributed by atoms with van der Waals surface area (Å²) in [5.74, 6) is 1.03. The summed E-state index contributed by atoms with van der Waals surface area (Å²) in [6.07, 6.45) is 3.21. The van der Waals surface area contributed by atoms with Crippen LogP contribution in [-0.2, 0) is 0 Å². The van der Waals surface area contributed by atoms with E-state index in [1.807, 2.05) is 19.1 Å². The van der Waals surface area contributed by atoms with Gasteiger partial charge in [-0.3, -0.25) is 9.78 Å². The van der Waals surface area contributed by atoms with Gasteiger partial charge < -0.3 is 10.1 Å². The zero-order chi connectivity index (χ0) is 15.4. The number of methoxy groups -OCH3 is 1. The smallest absolute Gasteiger partial charge is 0.255 e. The first-order valence-electron chi connectivity index (χ1n) is 6.92. The van der Waals surface area contributed by atoms with Crippen LogP contribution in [0.5, 0.6) is 5.75 Å². The molecule has 0 saturated heterocycles. The van der Waals surface area contributed by atoms with Crippen LogP contribution in [0.4, 0.5) is 5.69 Å².